The number of rotatable bonds is 4. The van der Waals surface area contributed by atoms with Crippen LogP contribution >= 0.6 is 12.2 Å². The molecule has 0 saturated carbocycles. The molecular formula is C14H16N2O3S. The van der Waals surface area contributed by atoms with E-state index >= 15 is 0 Å². The van der Waals surface area contributed by atoms with Crippen LogP contribution in [-0.4, -0.2) is 39.1 Å². The minimum absolute atomic E-state index is 0.0375. The van der Waals surface area contributed by atoms with Gasteiger partial charge in [0.05, 0.1) is 12.1 Å². The standard InChI is InChI=1S/C14H16N2O3S/c1-9(2)15-11(8-12(17)18)13(19)16(14(15)20)10-6-4-3-5-7-10/h3-7,9,11H,8H2,1-2H3,(H,17,18)/t11-/m0/s1. The Morgan fingerprint density at radius 1 is 1.35 bits per heavy atom. The molecule has 1 aromatic carbocycles. The summed E-state index contributed by atoms with van der Waals surface area (Å²) in [5.41, 5.74) is 0.668. The molecule has 1 fully saturated rings. The topological polar surface area (TPSA) is 60.9 Å². The molecule has 5 nitrogen and oxygen atoms in total. The molecule has 1 atom stereocenters. The fraction of sp³-hybridized carbons (Fsp3) is 0.357. The lowest BCUT2D eigenvalue weighted by atomic mass is 10.1. The molecule has 1 aliphatic rings. The van der Waals surface area contributed by atoms with Gasteiger partial charge in [0.1, 0.15) is 6.04 Å². The number of amides is 1. The molecule has 0 unspecified atom stereocenters. The number of carbonyl (C=O) groups is 2. The summed E-state index contributed by atoms with van der Waals surface area (Å²) in [6.45, 7) is 3.78. The average Bonchev–Trinajstić information content (AvgIpc) is 2.61. The van der Waals surface area contributed by atoms with Gasteiger partial charge in [0.15, 0.2) is 5.11 Å². The zero-order valence-corrected chi connectivity index (χ0v) is 12.1. The third-order valence-electron chi connectivity index (χ3n) is 3.19. The van der Waals surface area contributed by atoms with Gasteiger partial charge in [0.2, 0.25) is 0 Å². The number of carboxylic acids is 1. The second-order valence-electron chi connectivity index (χ2n) is 4.91. The van der Waals surface area contributed by atoms with E-state index < -0.39 is 12.0 Å². The van der Waals surface area contributed by atoms with E-state index in [2.05, 4.69) is 0 Å². The van der Waals surface area contributed by atoms with Crippen molar-refractivity contribution in [3.05, 3.63) is 30.3 Å². The number of carbonyl (C=O) groups excluding carboxylic acids is 1. The number of aliphatic carboxylic acids is 1. The van der Waals surface area contributed by atoms with Crippen molar-refractivity contribution in [3.8, 4) is 0 Å². The van der Waals surface area contributed by atoms with Crippen LogP contribution in [0, 0.1) is 0 Å². The van der Waals surface area contributed by atoms with Gasteiger partial charge in [-0.3, -0.25) is 14.5 Å². The average molecular weight is 292 g/mol. The van der Waals surface area contributed by atoms with Crippen LogP contribution in [0.1, 0.15) is 20.3 Å². The van der Waals surface area contributed by atoms with E-state index in [1.807, 2.05) is 32.0 Å². The third kappa shape index (κ3) is 2.51. The Hall–Kier alpha value is -1.95. The Morgan fingerprint density at radius 2 is 1.95 bits per heavy atom. The molecule has 1 saturated heterocycles. The van der Waals surface area contributed by atoms with Crippen molar-refractivity contribution in [3.63, 3.8) is 0 Å². The summed E-state index contributed by atoms with van der Waals surface area (Å²) >= 11 is 5.37. The molecule has 1 amide bonds. The molecule has 6 heteroatoms. The number of hydrogen-bond acceptors (Lipinski definition) is 3. The van der Waals surface area contributed by atoms with Crippen molar-refractivity contribution in [2.75, 3.05) is 4.90 Å². The smallest absolute Gasteiger partial charge is 0.305 e. The molecule has 0 aliphatic carbocycles. The van der Waals surface area contributed by atoms with Gasteiger partial charge < -0.3 is 10.0 Å². The number of anilines is 1. The van der Waals surface area contributed by atoms with Gasteiger partial charge in [0.25, 0.3) is 5.91 Å². The Balaban J connectivity index is 2.39. The van der Waals surface area contributed by atoms with E-state index in [0.29, 0.717) is 10.8 Å². The molecule has 106 valence electrons. The van der Waals surface area contributed by atoms with E-state index in [1.54, 1.807) is 17.0 Å². The lowest BCUT2D eigenvalue weighted by Crippen LogP contribution is -2.41. The van der Waals surface area contributed by atoms with Crippen molar-refractivity contribution < 1.29 is 14.7 Å². The van der Waals surface area contributed by atoms with Crippen molar-refractivity contribution in [1.82, 2.24) is 4.90 Å². The lowest BCUT2D eigenvalue weighted by molar-refractivity contribution is -0.140. The van der Waals surface area contributed by atoms with Gasteiger partial charge in [-0.05, 0) is 38.2 Å². The van der Waals surface area contributed by atoms with Crippen molar-refractivity contribution >= 4 is 34.9 Å². The maximum Gasteiger partial charge on any atom is 0.305 e. The molecule has 0 bridgehead atoms. The lowest BCUT2D eigenvalue weighted by Gasteiger charge is -2.27. The van der Waals surface area contributed by atoms with Crippen LogP contribution in [0.15, 0.2) is 30.3 Å². The first kappa shape index (κ1) is 14.5. The Bertz CT molecular complexity index is 545. The van der Waals surface area contributed by atoms with Gasteiger partial charge in [-0.25, -0.2) is 0 Å². The highest BCUT2D eigenvalue weighted by Crippen LogP contribution is 2.28. The number of hydrogen-bond donors (Lipinski definition) is 1. The molecule has 1 aromatic rings. The molecule has 1 heterocycles. The summed E-state index contributed by atoms with van der Waals surface area (Å²) in [7, 11) is 0. The zero-order chi connectivity index (χ0) is 14.9. The van der Waals surface area contributed by atoms with Gasteiger partial charge in [0, 0.05) is 6.04 Å². The number of para-hydroxylation sites is 1. The predicted molar refractivity (Wildman–Crippen MR) is 79.5 cm³/mol. The van der Waals surface area contributed by atoms with Crippen LogP contribution in [0.25, 0.3) is 0 Å². The zero-order valence-electron chi connectivity index (χ0n) is 11.3. The Kier molecular flexibility index (Phi) is 4.04. The van der Waals surface area contributed by atoms with Crippen LogP contribution < -0.4 is 4.90 Å². The molecule has 0 aromatic heterocycles. The van der Waals surface area contributed by atoms with Crippen LogP contribution in [0.4, 0.5) is 5.69 Å². The van der Waals surface area contributed by atoms with E-state index in [-0.39, 0.29) is 18.4 Å². The summed E-state index contributed by atoms with van der Waals surface area (Å²) in [6.07, 6.45) is -0.250. The predicted octanol–water partition coefficient (Wildman–Crippen LogP) is 1.87. The minimum atomic E-state index is -1.01. The monoisotopic (exact) mass is 292 g/mol. The summed E-state index contributed by atoms with van der Waals surface area (Å²) < 4.78 is 0. The van der Waals surface area contributed by atoms with E-state index in [0.717, 1.165) is 0 Å². The number of nitrogens with zero attached hydrogens (tertiary/aromatic N) is 2. The van der Waals surface area contributed by atoms with Crippen molar-refractivity contribution in [2.24, 2.45) is 0 Å². The van der Waals surface area contributed by atoms with E-state index in [4.69, 9.17) is 17.3 Å². The normalized spacial score (nSPS) is 19.1. The molecule has 1 aliphatic heterocycles. The first-order chi connectivity index (χ1) is 9.43. The number of carboxylic acid groups (broad SMARTS) is 1. The molecule has 0 radical (unpaired) electrons. The van der Waals surface area contributed by atoms with E-state index in [9.17, 15) is 9.59 Å². The van der Waals surface area contributed by atoms with Gasteiger partial charge in [-0.2, -0.15) is 0 Å². The van der Waals surface area contributed by atoms with Crippen LogP contribution in [0.2, 0.25) is 0 Å². The largest absolute Gasteiger partial charge is 0.481 e. The molecule has 20 heavy (non-hydrogen) atoms. The van der Waals surface area contributed by atoms with Gasteiger partial charge in [-0.15, -0.1) is 0 Å². The highest BCUT2D eigenvalue weighted by molar-refractivity contribution is 7.80. The number of thiocarbonyl (C=S) groups is 1. The van der Waals surface area contributed by atoms with Gasteiger partial charge in [-0.1, -0.05) is 18.2 Å². The maximum absolute atomic E-state index is 12.5. The summed E-state index contributed by atoms with van der Waals surface area (Å²) in [4.78, 5) is 26.6. The molecule has 0 spiro atoms. The van der Waals surface area contributed by atoms with E-state index in [1.165, 1.54) is 4.90 Å². The van der Waals surface area contributed by atoms with Crippen LogP contribution in [0.5, 0.6) is 0 Å². The Labute approximate surface area is 122 Å². The van der Waals surface area contributed by atoms with Gasteiger partial charge >= 0.3 is 5.97 Å². The fourth-order valence-electron chi connectivity index (χ4n) is 2.36. The SMILES string of the molecule is CC(C)N1C(=S)N(c2ccccc2)C(=O)[C@@H]1CC(=O)O. The maximum atomic E-state index is 12.5. The first-order valence-electron chi connectivity index (χ1n) is 6.36. The number of benzene rings is 1. The molecular weight excluding hydrogens is 276 g/mol. The second kappa shape index (κ2) is 5.58. The Morgan fingerprint density at radius 3 is 2.45 bits per heavy atom. The van der Waals surface area contributed by atoms with Crippen molar-refractivity contribution in [1.29, 1.82) is 0 Å². The summed E-state index contributed by atoms with van der Waals surface area (Å²) in [5.74, 6) is -1.29. The van der Waals surface area contributed by atoms with Crippen LogP contribution in [0.3, 0.4) is 0 Å². The quantitative estimate of drug-likeness (QED) is 0.859. The summed E-state index contributed by atoms with van der Waals surface area (Å²) in [6, 6.07) is 8.27. The summed E-state index contributed by atoms with van der Waals surface area (Å²) in [5, 5.41) is 9.36. The fourth-order valence-corrected chi connectivity index (χ4v) is 2.89. The highest BCUT2D eigenvalue weighted by Gasteiger charge is 2.45. The molecule has 1 N–H and O–H groups in total. The first-order valence-corrected chi connectivity index (χ1v) is 6.77. The second-order valence-corrected chi connectivity index (χ2v) is 5.27. The molecule has 2 rings (SSSR count). The van der Waals surface area contributed by atoms with Crippen molar-refractivity contribution in [2.45, 2.75) is 32.4 Å². The highest BCUT2D eigenvalue weighted by atomic mass is 32.1. The third-order valence-corrected chi connectivity index (χ3v) is 3.59. The van der Waals surface area contributed by atoms with Crippen LogP contribution in [-0.2, 0) is 9.59 Å². The minimum Gasteiger partial charge on any atom is -0.481 e.